The molecule has 0 aromatic heterocycles. The van der Waals surface area contributed by atoms with E-state index < -0.39 is 19.0 Å². The fourth-order valence-corrected chi connectivity index (χ4v) is 2.02. The van der Waals surface area contributed by atoms with Crippen LogP contribution in [0.15, 0.2) is 24.3 Å². The molecule has 0 aliphatic rings. The number of urea groups is 1. The van der Waals surface area contributed by atoms with Crippen LogP contribution in [0.2, 0.25) is 0 Å². The number of nitrogens with one attached hydrogen (secondary N) is 2. The average Bonchev–Trinajstić information content (AvgIpc) is 2.50. The molecule has 24 heavy (non-hydrogen) atoms. The first-order valence-electron chi connectivity index (χ1n) is 7.73. The number of amides is 3. The van der Waals surface area contributed by atoms with Gasteiger partial charge in [-0.05, 0) is 18.6 Å². The molecule has 6 nitrogen and oxygen atoms in total. The summed E-state index contributed by atoms with van der Waals surface area (Å²) in [5, 5.41) is 5.18. The zero-order chi connectivity index (χ0) is 17.9. The average molecular weight is 343 g/mol. The smallest absolute Gasteiger partial charge is 0.317 e. The van der Waals surface area contributed by atoms with Crippen molar-refractivity contribution in [1.29, 1.82) is 0 Å². The van der Waals surface area contributed by atoms with Gasteiger partial charge in [0.15, 0.2) is 0 Å². The Labute approximate surface area is 140 Å². The lowest BCUT2D eigenvalue weighted by molar-refractivity contribution is -0.114. The maximum atomic E-state index is 12.4. The summed E-state index contributed by atoms with van der Waals surface area (Å²) in [7, 11) is 0. The second kappa shape index (κ2) is 10.4. The number of carbonyl (C=O) groups is 2. The van der Waals surface area contributed by atoms with Crippen molar-refractivity contribution < 1.29 is 23.1 Å². The third kappa shape index (κ3) is 7.75. The van der Waals surface area contributed by atoms with Gasteiger partial charge in [-0.15, -0.1) is 0 Å². The van der Waals surface area contributed by atoms with Crippen molar-refractivity contribution in [3.8, 4) is 5.75 Å². The molecule has 0 unspecified atom stereocenters. The van der Waals surface area contributed by atoms with E-state index in [4.69, 9.17) is 4.74 Å². The number of carbonyl (C=O) groups excluding carboxylic acids is 2. The van der Waals surface area contributed by atoms with E-state index in [1.807, 2.05) is 6.92 Å². The Morgan fingerprint density at radius 2 is 2.08 bits per heavy atom. The number of nitrogens with zero attached hydrogens (tertiary/aromatic N) is 1. The Morgan fingerprint density at radius 1 is 1.33 bits per heavy atom. The number of hydrogen-bond acceptors (Lipinski definition) is 3. The van der Waals surface area contributed by atoms with Gasteiger partial charge in [-0.25, -0.2) is 13.6 Å². The lowest BCUT2D eigenvalue weighted by Gasteiger charge is -2.22. The molecule has 0 saturated carbocycles. The lowest BCUT2D eigenvalue weighted by Crippen LogP contribution is -2.44. The van der Waals surface area contributed by atoms with Gasteiger partial charge in [0.1, 0.15) is 12.4 Å². The van der Waals surface area contributed by atoms with Crippen molar-refractivity contribution in [2.75, 3.05) is 31.6 Å². The molecule has 0 aliphatic heterocycles. The van der Waals surface area contributed by atoms with Crippen LogP contribution in [-0.4, -0.2) is 49.5 Å². The number of anilines is 1. The number of benzene rings is 1. The summed E-state index contributed by atoms with van der Waals surface area (Å²) in [4.78, 5) is 23.9. The summed E-state index contributed by atoms with van der Waals surface area (Å²) in [6.07, 6.45) is -1.96. The summed E-state index contributed by atoms with van der Waals surface area (Å²) in [6.45, 7) is 3.28. The molecular weight excluding hydrogens is 320 g/mol. The normalized spacial score (nSPS) is 10.4. The number of rotatable bonds is 9. The van der Waals surface area contributed by atoms with Crippen molar-refractivity contribution in [2.24, 2.45) is 0 Å². The predicted octanol–water partition coefficient (Wildman–Crippen LogP) is 2.71. The minimum atomic E-state index is -2.56. The molecule has 3 amide bonds. The summed E-state index contributed by atoms with van der Waals surface area (Å²) in [5.41, 5.74) is 0.607. The van der Waals surface area contributed by atoms with Gasteiger partial charge in [-0.2, -0.15) is 0 Å². The van der Waals surface area contributed by atoms with Gasteiger partial charge in [0.25, 0.3) is 6.43 Å². The monoisotopic (exact) mass is 343 g/mol. The molecule has 0 bridgehead atoms. The number of alkyl halides is 2. The van der Waals surface area contributed by atoms with E-state index in [2.05, 4.69) is 10.6 Å². The molecule has 1 aromatic carbocycles. The molecule has 1 aromatic rings. The van der Waals surface area contributed by atoms with E-state index in [-0.39, 0.29) is 25.6 Å². The van der Waals surface area contributed by atoms with Crippen molar-refractivity contribution in [3.63, 3.8) is 0 Å². The number of hydrogen-bond donors (Lipinski definition) is 2. The molecule has 2 N–H and O–H groups in total. The van der Waals surface area contributed by atoms with Crippen LogP contribution in [0, 0.1) is 0 Å². The van der Waals surface area contributed by atoms with Crippen LogP contribution in [-0.2, 0) is 4.79 Å². The first-order chi connectivity index (χ1) is 11.4. The zero-order valence-corrected chi connectivity index (χ0v) is 13.9. The van der Waals surface area contributed by atoms with Gasteiger partial charge in [0, 0.05) is 25.2 Å². The minimum absolute atomic E-state index is 0.184. The van der Waals surface area contributed by atoms with Crippen molar-refractivity contribution >= 4 is 17.6 Å². The molecule has 0 heterocycles. The molecule has 0 atom stereocenters. The SMILES string of the molecule is CCCN(CC(F)F)C(=O)NCCOc1cccc(NC(C)=O)c1. The first-order valence-corrected chi connectivity index (χ1v) is 7.73. The van der Waals surface area contributed by atoms with E-state index in [0.717, 1.165) is 4.90 Å². The lowest BCUT2D eigenvalue weighted by atomic mass is 10.3. The second-order valence-corrected chi connectivity index (χ2v) is 5.13. The minimum Gasteiger partial charge on any atom is -0.492 e. The molecule has 0 saturated heterocycles. The fourth-order valence-electron chi connectivity index (χ4n) is 2.02. The van der Waals surface area contributed by atoms with Crippen LogP contribution in [0.5, 0.6) is 5.75 Å². The highest BCUT2D eigenvalue weighted by Crippen LogP contribution is 2.17. The molecule has 8 heteroatoms. The van der Waals surface area contributed by atoms with Gasteiger partial charge in [0.05, 0.1) is 13.1 Å². The van der Waals surface area contributed by atoms with Crippen LogP contribution in [0.1, 0.15) is 20.3 Å². The van der Waals surface area contributed by atoms with Crippen molar-refractivity contribution in [3.05, 3.63) is 24.3 Å². The second-order valence-electron chi connectivity index (χ2n) is 5.13. The summed E-state index contributed by atoms with van der Waals surface area (Å²) in [6, 6.07) is 6.29. The Morgan fingerprint density at radius 3 is 2.71 bits per heavy atom. The van der Waals surface area contributed by atoms with Crippen LogP contribution in [0.4, 0.5) is 19.3 Å². The molecular formula is C16H23F2N3O3. The highest BCUT2D eigenvalue weighted by atomic mass is 19.3. The van der Waals surface area contributed by atoms with Crippen molar-refractivity contribution in [1.82, 2.24) is 10.2 Å². The molecule has 0 fully saturated rings. The Kier molecular flexibility index (Phi) is 8.53. The van der Waals surface area contributed by atoms with E-state index in [0.29, 0.717) is 17.9 Å². The van der Waals surface area contributed by atoms with E-state index in [1.54, 1.807) is 24.3 Å². The summed E-state index contributed by atoms with van der Waals surface area (Å²) in [5.74, 6) is 0.350. The Balaban J connectivity index is 2.39. The standard InChI is InChI=1S/C16H23F2N3O3/c1-3-8-21(11-15(17)18)16(23)19-7-9-24-14-6-4-5-13(10-14)20-12(2)22/h4-6,10,15H,3,7-9,11H2,1-2H3,(H,19,23)(H,20,22). The molecule has 134 valence electrons. The maximum absolute atomic E-state index is 12.4. The summed E-state index contributed by atoms with van der Waals surface area (Å²) < 4.78 is 30.3. The van der Waals surface area contributed by atoms with E-state index in [1.165, 1.54) is 6.92 Å². The number of halogens is 2. The molecule has 1 rings (SSSR count). The molecule has 0 spiro atoms. The third-order valence-corrected chi connectivity index (χ3v) is 2.94. The van der Waals surface area contributed by atoms with Crippen LogP contribution in [0.25, 0.3) is 0 Å². The first kappa shape index (κ1) is 19.7. The zero-order valence-electron chi connectivity index (χ0n) is 13.9. The van der Waals surface area contributed by atoms with Crippen LogP contribution in [0.3, 0.4) is 0 Å². The summed E-state index contributed by atoms with van der Waals surface area (Å²) >= 11 is 0. The fraction of sp³-hybridized carbons (Fsp3) is 0.500. The van der Waals surface area contributed by atoms with Gasteiger partial charge >= 0.3 is 6.03 Å². The molecule has 0 aliphatic carbocycles. The van der Waals surface area contributed by atoms with Gasteiger partial charge in [-0.1, -0.05) is 13.0 Å². The highest BCUT2D eigenvalue weighted by Gasteiger charge is 2.16. The highest BCUT2D eigenvalue weighted by molar-refractivity contribution is 5.88. The Bertz CT molecular complexity index is 541. The van der Waals surface area contributed by atoms with E-state index >= 15 is 0 Å². The van der Waals surface area contributed by atoms with Gasteiger partial charge in [0.2, 0.25) is 5.91 Å². The maximum Gasteiger partial charge on any atom is 0.317 e. The van der Waals surface area contributed by atoms with Gasteiger partial charge < -0.3 is 20.3 Å². The largest absolute Gasteiger partial charge is 0.492 e. The van der Waals surface area contributed by atoms with Gasteiger partial charge in [-0.3, -0.25) is 4.79 Å². The van der Waals surface area contributed by atoms with E-state index in [9.17, 15) is 18.4 Å². The number of ether oxygens (including phenoxy) is 1. The quantitative estimate of drug-likeness (QED) is 0.677. The van der Waals surface area contributed by atoms with Crippen molar-refractivity contribution in [2.45, 2.75) is 26.7 Å². The third-order valence-electron chi connectivity index (χ3n) is 2.94. The molecule has 0 radical (unpaired) electrons. The Hall–Kier alpha value is -2.38. The predicted molar refractivity (Wildman–Crippen MR) is 87.5 cm³/mol. The van der Waals surface area contributed by atoms with Crippen LogP contribution >= 0.6 is 0 Å². The van der Waals surface area contributed by atoms with Crippen LogP contribution < -0.4 is 15.4 Å². The topological polar surface area (TPSA) is 70.7 Å².